The van der Waals surface area contributed by atoms with E-state index in [1.807, 2.05) is 0 Å². The van der Waals surface area contributed by atoms with Crippen molar-refractivity contribution in [3.8, 4) is 0 Å². The van der Waals surface area contributed by atoms with Crippen LogP contribution in [0.1, 0.15) is 15.9 Å². The number of carbonyl (C=O) groups excluding carboxylic acids is 1. The maximum absolute atomic E-state index is 13.2. The van der Waals surface area contributed by atoms with Crippen molar-refractivity contribution >= 4 is 13.4 Å². The van der Waals surface area contributed by atoms with Crippen LogP contribution < -0.4 is 0 Å². The van der Waals surface area contributed by atoms with Crippen LogP contribution in [-0.4, -0.2) is 26.1 Å². The third-order valence-corrected chi connectivity index (χ3v) is 6.41. The van der Waals surface area contributed by atoms with E-state index in [0.29, 0.717) is 11.1 Å². The summed E-state index contributed by atoms with van der Waals surface area (Å²) in [5.74, 6) is -0.792. The van der Waals surface area contributed by atoms with Gasteiger partial charge in [-0.1, -0.05) is 42.5 Å². The molecule has 2 aromatic carbocycles. The lowest BCUT2D eigenvalue weighted by Crippen LogP contribution is -2.21. The van der Waals surface area contributed by atoms with Gasteiger partial charge in [-0.25, -0.2) is 4.39 Å². The summed E-state index contributed by atoms with van der Waals surface area (Å²) < 4.78 is 42.1. The Morgan fingerprint density at radius 3 is 2.21 bits per heavy atom. The van der Waals surface area contributed by atoms with Crippen LogP contribution >= 0.6 is 7.60 Å². The summed E-state index contributed by atoms with van der Waals surface area (Å²) >= 11 is 0. The highest BCUT2D eigenvalue weighted by molar-refractivity contribution is 7.55. The minimum atomic E-state index is -3.81. The van der Waals surface area contributed by atoms with Crippen LogP contribution in [0.15, 0.2) is 54.6 Å². The molecule has 1 heterocycles. The first-order chi connectivity index (χ1) is 11.5. The lowest BCUT2D eigenvalue weighted by Gasteiger charge is -2.22. The average molecular weight is 350 g/mol. The summed E-state index contributed by atoms with van der Waals surface area (Å²) in [6.07, 6.45) is -1.03. The second-order valence-corrected chi connectivity index (χ2v) is 7.68. The summed E-state index contributed by atoms with van der Waals surface area (Å²) in [5, 5.41) is -1.57. The van der Waals surface area contributed by atoms with Gasteiger partial charge in [0.2, 0.25) is 5.34 Å². The zero-order chi connectivity index (χ0) is 17.4. The molecule has 7 heteroatoms. The highest BCUT2D eigenvalue weighted by Gasteiger charge is 2.74. The molecule has 0 amide bonds. The molecule has 0 N–H and O–H groups in total. The molecule has 1 fully saturated rings. The van der Waals surface area contributed by atoms with E-state index in [2.05, 4.69) is 0 Å². The molecular weight excluding hydrogens is 334 g/mol. The fraction of sp³-hybridized carbons (Fsp3) is 0.235. The number of ketones is 1. The van der Waals surface area contributed by atoms with Gasteiger partial charge in [-0.05, 0) is 17.7 Å². The van der Waals surface area contributed by atoms with Crippen LogP contribution in [0.3, 0.4) is 0 Å². The number of rotatable bonds is 6. The molecule has 0 aliphatic carbocycles. The zero-order valence-electron chi connectivity index (χ0n) is 13.1. The molecule has 126 valence electrons. The molecule has 5 nitrogen and oxygen atoms in total. The van der Waals surface area contributed by atoms with Gasteiger partial charge < -0.3 is 13.8 Å². The van der Waals surface area contributed by atoms with Crippen molar-refractivity contribution in [1.82, 2.24) is 0 Å². The number of hydrogen-bond acceptors (Lipinski definition) is 5. The van der Waals surface area contributed by atoms with Crippen molar-refractivity contribution in [3.05, 3.63) is 71.5 Å². The van der Waals surface area contributed by atoms with E-state index in [4.69, 9.17) is 13.8 Å². The SMILES string of the molecule is COP(=O)(OC)[C@]1(c2ccc(F)cc2)O[C@@H]1C(=O)c1ccccc1. The first-order valence-electron chi connectivity index (χ1n) is 7.23. The molecule has 1 aliphatic heterocycles. The van der Waals surface area contributed by atoms with Crippen molar-refractivity contribution in [3.63, 3.8) is 0 Å². The lowest BCUT2D eigenvalue weighted by molar-refractivity contribution is 0.0953. The number of benzene rings is 2. The maximum Gasteiger partial charge on any atom is 0.369 e. The van der Waals surface area contributed by atoms with Crippen molar-refractivity contribution in [1.29, 1.82) is 0 Å². The van der Waals surface area contributed by atoms with Crippen LogP contribution in [0.5, 0.6) is 0 Å². The van der Waals surface area contributed by atoms with E-state index in [1.54, 1.807) is 30.3 Å². The van der Waals surface area contributed by atoms with Crippen molar-refractivity contribution in [2.24, 2.45) is 0 Å². The Balaban J connectivity index is 2.05. The molecule has 1 aliphatic rings. The Hall–Kier alpha value is -1.85. The highest BCUT2D eigenvalue weighted by Crippen LogP contribution is 2.74. The summed E-state index contributed by atoms with van der Waals surface area (Å²) in [4.78, 5) is 12.7. The fourth-order valence-corrected chi connectivity index (χ4v) is 4.55. The topological polar surface area (TPSA) is 65.1 Å². The van der Waals surface area contributed by atoms with E-state index in [1.165, 1.54) is 38.5 Å². The molecule has 2 aromatic rings. The van der Waals surface area contributed by atoms with E-state index in [-0.39, 0.29) is 5.78 Å². The molecule has 2 atom stereocenters. The van der Waals surface area contributed by atoms with Gasteiger partial charge in [-0.3, -0.25) is 9.36 Å². The van der Waals surface area contributed by atoms with Crippen LogP contribution in [0.2, 0.25) is 0 Å². The fourth-order valence-electron chi connectivity index (χ4n) is 2.75. The van der Waals surface area contributed by atoms with E-state index in [9.17, 15) is 13.8 Å². The molecule has 0 unspecified atom stereocenters. The quantitative estimate of drug-likeness (QED) is 0.451. The van der Waals surface area contributed by atoms with Crippen molar-refractivity contribution in [2.45, 2.75) is 11.4 Å². The largest absolute Gasteiger partial charge is 0.369 e. The lowest BCUT2D eigenvalue weighted by atomic mass is 10.0. The number of halogens is 1. The highest BCUT2D eigenvalue weighted by atomic mass is 31.2. The summed E-state index contributed by atoms with van der Waals surface area (Å²) in [6, 6.07) is 13.8. The number of Topliss-reactive ketones (excluding diaryl/α,β-unsaturated/α-hetero) is 1. The van der Waals surface area contributed by atoms with Gasteiger partial charge in [0.25, 0.3) is 0 Å². The van der Waals surface area contributed by atoms with E-state index in [0.717, 1.165) is 0 Å². The molecule has 1 saturated heterocycles. The summed E-state index contributed by atoms with van der Waals surface area (Å²) in [6.45, 7) is 0. The van der Waals surface area contributed by atoms with Gasteiger partial charge in [0.05, 0.1) is 0 Å². The molecule has 0 bridgehead atoms. The second kappa shape index (κ2) is 6.22. The smallest absolute Gasteiger partial charge is 0.339 e. The van der Waals surface area contributed by atoms with E-state index < -0.39 is 24.9 Å². The average Bonchev–Trinajstić information content (AvgIpc) is 3.39. The number of hydrogen-bond donors (Lipinski definition) is 0. The van der Waals surface area contributed by atoms with Crippen molar-refractivity contribution < 1.29 is 27.5 Å². The molecule has 3 rings (SSSR count). The Labute approximate surface area is 138 Å². The first kappa shape index (κ1) is 17.0. The molecule has 0 radical (unpaired) electrons. The molecule has 0 spiro atoms. The second-order valence-electron chi connectivity index (χ2n) is 5.29. The first-order valence-corrected chi connectivity index (χ1v) is 8.77. The number of carbonyl (C=O) groups is 1. The van der Waals surface area contributed by atoms with Gasteiger partial charge in [0.1, 0.15) is 5.82 Å². The van der Waals surface area contributed by atoms with E-state index >= 15 is 0 Å². The third-order valence-electron chi connectivity index (χ3n) is 4.04. The Kier molecular flexibility index (Phi) is 4.40. The molecule has 0 saturated carbocycles. The maximum atomic E-state index is 13.2. The predicted octanol–water partition coefficient (Wildman–Crippen LogP) is 3.75. The van der Waals surface area contributed by atoms with Crippen LogP contribution in [0, 0.1) is 5.82 Å². The zero-order valence-corrected chi connectivity index (χ0v) is 14.0. The Morgan fingerprint density at radius 2 is 1.67 bits per heavy atom. The van der Waals surface area contributed by atoms with Crippen molar-refractivity contribution in [2.75, 3.05) is 14.2 Å². The minimum Gasteiger partial charge on any atom is -0.339 e. The minimum absolute atomic E-state index is 0.339. The van der Waals surface area contributed by atoms with Gasteiger partial charge in [0, 0.05) is 19.8 Å². The number of epoxide rings is 1. The van der Waals surface area contributed by atoms with Gasteiger partial charge in [-0.2, -0.15) is 0 Å². The molecule has 24 heavy (non-hydrogen) atoms. The molecule has 0 aromatic heterocycles. The van der Waals surface area contributed by atoms with Gasteiger partial charge in [0.15, 0.2) is 11.9 Å². The van der Waals surface area contributed by atoms with Crippen LogP contribution in [0.25, 0.3) is 0 Å². The van der Waals surface area contributed by atoms with Gasteiger partial charge >= 0.3 is 7.60 Å². The van der Waals surface area contributed by atoms with Crippen LogP contribution in [-0.2, 0) is 23.7 Å². The third kappa shape index (κ3) is 2.52. The Bertz CT molecular complexity index is 784. The standard InChI is InChI=1S/C17H16FO5P/c1-21-24(20,22-2)17(13-8-10-14(18)11-9-13)16(23-17)15(19)12-6-4-3-5-7-12/h3-11,16H,1-2H3/t16-,17+/m1/s1. The number of ether oxygens (including phenoxy) is 1. The molecular formula is C17H16FO5P. The normalized spacial score (nSPS) is 23.0. The summed E-state index contributed by atoms with van der Waals surface area (Å²) in [7, 11) is -1.36. The summed E-state index contributed by atoms with van der Waals surface area (Å²) in [5.41, 5.74) is 0.787. The van der Waals surface area contributed by atoms with Crippen LogP contribution in [0.4, 0.5) is 4.39 Å². The Morgan fingerprint density at radius 1 is 1.08 bits per heavy atom. The van der Waals surface area contributed by atoms with Gasteiger partial charge in [-0.15, -0.1) is 0 Å². The monoisotopic (exact) mass is 350 g/mol. The predicted molar refractivity (Wildman–Crippen MR) is 85.3 cm³/mol.